The molecule has 1 aliphatic rings. The maximum atomic E-state index is 12.8. The first-order valence-corrected chi connectivity index (χ1v) is 10.5. The van der Waals surface area contributed by atoms with Gasteiger partial charge in [-0.3, -0.25) is 19.1 Å². The summed E-state index contributed by atoms with van der Waals surface area (Å²) in [6.45, 7) is 0.463. The molecular formula is C25H17ClN4O3. The van der Waals surface area contributed by atoms with Crippen LogP contribution in [0.2, 0.25) is 5.02 Å². The van der Waals surface area contributed by atoms with Crippen LogP contribution < -0.4 is 10.2 Å². The number of benzene rings is 3. The molecule has 0 fully saturated rings. The van der Waals surface area contributed by atoms with Crippen LogP contribution in [0.1, 0.15) is 36.6 Å². The maximum absolute atomic E-state index is 12.8. The lowest BCUT2D eigenvalue weighted by Gasteiger charge is -2.14. The smallest absolute Gasteiger partial charge is 0.266 e. The van der Waals surface area contributed by atoms with Crippen molar-refractivity contribution in [3.63, 3.8) is 0 Å². The molecular weight excluding hydrogens is 440 g/mol. The van der Waals surface area contributed by atoms with Crippen LogP contribution in [0.4, 0.5) is 11.5 Å². The van der Waals surface area contributed by atoms with Crippen molar-refractivity contribution in [3.05, 3.63) is 112 Å². The van der Waals surface area contributed by atoms with Crippen LogP contribution in [0.15, 0.2) is 85.1 Å². The van der Waals surface area contributed by atoms with E-state index in [1.54, 1.807) is 59.4 Å². The van der Waals surface area contributed by atoms with Crippen LogP contribution in [0.3, 0.4) is 0 Å². The number of nitrogens with one attached hydrogen (secondary N) is 1. The zero-order valence-electron chi connectivity index (χ0n) is 17.2. The molecule has 1 aromatic heterocycles. The van der Waals surface area contributed by atoms with E-state index in [4.69, 9.17) is 11.6 Å². The van der Waals surface area contributed by atoms with Gasteiger partial charge in [-0.2, -0.15) is 5.10 Å². The van der Waals surface area contributed by atoms with Crippen LogP contribution >= 0.6 is 11.6 Å². The fourth-order valence-electron chi connectivity index (χ4n) is 3.72. The number of hydrogen-bond acceptors (Lipinski definition) is 4. The highest BCUT2D eigenvalue weighted by Gasteiger charge is 2.36. The van der Waals surface area contributed by atoms with Gasteiger partial charge in [0.15, 0.2) is 5.82 Å². The fourth-order valence-corrected chi connectivity index (χ4v) is 3.91. The van der Waals surface area contributed by atoms with Gasteiger partial charge < -0.3 is 5.32 Å². The minimum atomic E-state index is -0.411. The molecule has 3 amide bonds. The Kier molecular flexibility index (Phi) is 5.24. The summed E-state index contributed by atoms with van der Waals surface area (Å²) < 4.78 is 1.67. The van der Waals surface area contributed by atoms with Gasteiger partial charge in [0.1, 0.15) is 0 Å². The van der Waals surface area contributed by atoms with Crippen LogP contribution in [-0.2, 0) is 6.54 Å². The summed E-state index contributed by atoms with van der Waals surface area (Å²) >= 11 is 6.20. The van der Waals surface area contributed by atoms with Crippen molar-refractivity contribution in [2.45, 2.75) is 6.54 Å². The highest BCUT2D eigenvalue weighted by molar-refractivity contribution is 6.34. The number of hydrogen-bond donors (Lipinski definition) is 1. The number of nitrogens with zero attached hydrogens (tertiary/aromatic N) is 3. The zero-order chi connectivity index (χ0) is 22.9. The number of amides is 3. The molecule has 5 rings (SSSR count). The Morgan fingerprint density at radius 3 is 2.30 bits per heavy atom. The van der Waals surface area contributed by atoms with Crippen molar-refractivity contribution >= 4 is 40.8 Å². The summed E-state index contributed by atoms with van der Waals surface area (Å²) in [7, 11) is 0. The first-order chi connectivity index (χ1) is 16.0. The molecule has 8 heteroatoms. The van der Waals surface area contributed by atoms with Crippen LogP contribution in [0.5, 0.6) is 0 Å². The monoisotopic (exact) mass is 456 g/mol. The number of rotatable bonds is 5. The molecule has 2 heterocycles. The van der Waals surface area contributed by atoms with E-state index >= 15 is 0 Å². The summed E-state index contributed by atoms with van der Waals surface area (Å²) in [6.07, 6.45) is 1.74. The highest BCUT2D eigenvalue weighted by Crippen LogP contribution is 2.29. The molecule has 162 valence electrons. The van der Waals surface area contributed by atoms with Gasteiger partial charge in [-0.1, -0.05) is 48.0 Å². The Labute approximate surface area is 194 Å². The van der Waals surface area contributed by atoms with Crippen molar-refractivity contribution in [2.75, 3.05) is 10.2 Å². The summed E-state index contributed by atoms with van der Waals surface area (Å²) in [4.78, 5) is 39.4. The van der Waals surface area contributed by atoms with Gasteiger partial charge in [-0.15, -0.1) is 0 Å². The van der Waals surface area contributed by atoms with Gasteiger partial charge in [-0.05, 0) is 42.0 Å². The van der Waals surface area contributed by atoms with Gasteiger partial charge in [-0.25, -0.2) is 4.90 Å². The molecule has 0 spiro atoms. The van der Waals surface area contributed by atoms with E-state index in [9.17, 15) is 14.4 Å². The number of aromatic nitrogens is 2. The second-order valence-corrected chi connectivity index (χ2v) is 7.89. The average molecular weight is 457 g/mol. The molecule has 3 aromatic carbocycles. The molecule has 0 bridgehead atoms. The van der Waals surface area contributed by atoms with Crippen molar-refractivity contribution < 1.29 is 14.4 Å². The minimum Gasteiger partial charge on any atom is -0.305 e. The molecule has 0 aliphatic carbocycles. The molecule has 33 heavy (non-hydrogen) atoms. The molecule has 0 saturated heterocycles. The lowest BCUT2D eigenvalue weighted by Crippen LogP contribution is -2.29. The fraction of sp³-hybridized carbons (Fsp3) is 0.0400. The average Bonchev–Trinajstić information content (AvgIpc) is 3.37. The van der Waals surface area contributed by atoms with Crippen molar-refractivity contribution in [1.82, 2.24) is 9.78 Å². The van der Waals surface area contributed by atoms with Gasteiger partial charge in [0, 0.05) is 22.8 Å². The SMILES string of the molecule is O=C(Nc1ccn(Cc2ccccc2Cl)n1)c1cccc(N2C(=O)c3ccccc3C2=O)c1. The second-order valence-electron chi connectivity index (χ2n) is 7.49. The lowest BCUT2D eigenvalue weighted by atomic mass is 10.1. The number of imide groups is 1. The number of anilines is 2. The molecule has 4 aromatic rings. The van der Waals surface area contributed by atoms with Crippen LogP contribution in [0.25, 0.3) is 0 Å². The van der Waals surface area contributed by atoms with E-state index in [2.05, 4.69) is 10.4 Å². The van der Waals surface area contributed by atoms with Gasteiger partial charge in [0.2, 0.25) is 0 Å². The normalized spacial score (nSPS) is 12.7. The Hall–Kier alpha value is -4.23. The Morgan fingerprint density at radius 2 is 1.58 bits per heavy atom. The third-order valence-electron chi connectivity index (χ3n) is 5.33. The molecule has 0 radical (unpaired) electrons. The largest absolute Gasteiger partial charge is 0.305 e. The number of fused-ring (bicyclic) bond motifs is 1. The molecule has 0 unspecified atom stereocenters. The molecule has 1 aliphatic heterocycles. The minimum absolute atomic E-state index is 0.296. The Bertz CT molecular complexity index is 1380. The lowest BCUT2D eigenvalue weighted by molar-refractivity contribution is 0.0924. The van der Waals surface area contributed by atoms with Crippen molar-refractivity contribution in [1.29, 1.82) is 0 Å². The van der Waals surface area contributed by atoms with Gasteiger partial charge in [0.25, 0.3) is 17.7 Å². The number of carbonyl (C=O) groups excluding carboxylic acids is 3. The van der Waals surface area contributed by atoms with Gasteiger partial charge >= 0.3 is 0 Å². The molecule has 0 atom stereocenters. The number of halogens is 1. The van der Waals surface area contributed by atoms with E-state index in [1.165, 1.54) is 6.07 Å². The Balaban J connectivity index is 1.33. The van der Waals surface area contributed by atoms with Crippen molar-refractivity contribution in [2.24, 2.45) is 0 Å². The third-order valence-corrected chi connectivity index (χ3v) is 5.70. The predicted molar refractivity (Wildman–Crippen MR) is 125 cm³/mol. The third kappa shape index (κ3) is 3.90. The zero-order valence-corrected chi connectivity index (χ0v) is 18.0. The summed E-state index contributed by atoms with van der Waals surface area (Å²) in [6, 6.07) is 22.2. The van der Waals surface area contributed by atoms with E-state index in [0.29, 0.717) is 39.8 Å². The Morgan fingerprint density at radius 1 is 0.879 bits per heavy atom. The maximum Gasteiger partial charge on any atom is 0.266 e. The quantitative estimate of drug-likeness (QED) is 0.443. The second kappa shape index (κ2) is 8.37. The standard InChI is InChI=1S/C25H17ClN4O3/c26-21-11-4-1-6-17(21)15-29-13-12-22(28-29)27-23(31)16-7-5-8-18(14-16)30-24(32)19-9-2-3-10-20(19)25(30)33/h1-14H,15H2,(H,27,28,31). The van der Waals surface area contributed by atoms with E-state index in [0.717, 1.165) is 10.5 Å². The van der Waals surface area contributed by atoms with E-state index < -0.39 is 17.7 Å². The highest BCUT2D eigenvalue weighted by atomic mass is 35.5. The summed E-state index contributed by atoms with van der Waals surface area (Å²) in [5.74, 6) is -0.854. The molecule has 7 nitrogen and oxygen atoms in total. The van der Waals surface area contributed by atoms with Crippen molar-refractivity contribution in [3.8, 4) is 0 Å². The summed E-state index contributed by atoms with van der Waals surface area (Å²) in [5.41, 5.74) is 2.24. The van der Waals surface area contributed by atoms with E-state index in [-0.39, 0.29) is 0 Å². The topological polar surface area (TPSA) is 84.3 Å². The van der Waals surface area contributed by atoms with Gasteiger partial charge in [0.05, 0.1) is 23.4 Å². The van der Waals surface area contributed by atoms with Crippen LogP contribution in [-0.4, -0.2) is 27.5 Å². The predicted octanol–water partition coefficient (Wildman–Crippen LogP) is 4.64. The number of carbonyl (C=O) groups is 3. The molecule has 0 saturated carbocycles. The first-order valence-electron chi connectivity index (χ1n) is 10.2. The van der Waals surface area contributed by atoms with E-state index in [1.807, 2.05) is 24.3 Å². The van der Waals surface area contributed by atoms with Crippen LogP contribution in [0, 0.1) is 0 Å². The summed E-state index contributed by atoms with van der Waals surface area (Å²) in [5, 5.41) is 7.76. The first kappa shape index (κ1) is 20.7. The molecule has 1 N–H and O–H groups in total.